The van der Waals surface area contributed by atoms with Crippen LogP contribution >= 0.6 is 0 Å². The number of hydrogen-bond donors (Lipinski definition) is 2. The molecule has 0 unspecified atom stereocenters. The molecule has 0 radical (unpaired) electrons. The van der Waals surface area contributed by atoms with E-state index >= 15 is 0 Å². The highest BCUT2D eigenvalue weighted by Crippen LogP contribution is 2.14. The summed E-state index contributed by atoms with van der Waals surface area (Å²) in [6, 6.07) is 9.14. The Hall–Kier alpha value is -2.96. The van der Waals surface area contributed by atoms with Gasteiger partial charge in [-0.15, -0.1) is 0 Å². The highest BCUT2D eigenvalue weighted by molar-refractivity contribution is 5.72. The molecule has 19 heavy (non-hydrogen) atoms. The molecular weight excluding hydrogens is 248 g/mol. The van der Waals surface area contributed by atoms with E-state index in [1.54, 1.807) is 6.08 Å². The molecule has 0 amide bonds. The first kappa shape index (κ1) is 12.5. The van der Waals surface area contributed by atoms with E-state index in [0.717, 1.165) is 5.56 Å². The highest BCUT2D eigenvalue weighted by atomic mass is 16.6. The number of nitro groups is 1. The minimum Gasteiger partial charge on any atom is -0.369 e. The number of rotatable bonds is 3. The molecule has 0 aliphatic heterocycles. The van der Waals surface area contributed by atoms with Crippen molar-refractivity contribution in [1.29, 1.82) is 0 Å². The number of nitrogens with one attached hydrogen (secondary N) is 1. The third kappa shape index (κ3) is 2.83. The number of aromatic nitrogens is 2. The van der Waals surface area contributed by atoms with Crippen molar-refractivity contribution in [3.05, 3.63) is 62.1 Å². The van der Waals surface area contributed by atoms with Crippen LogP contribution in [0.1, 0.15) is 11.3 Å². The van der Waals surface area contributed by atoms with E-state index in [-0.39, 0.29) is 11.6 Å². The lowest BCUT2D eigenvalue weighted by Crippen LogP contribution is -2.17. The molecule has 7 nitrogen and oxygen atoms in total. The van der Waals surface area contributed by atoms with Crippen LogP contribution in [-0.2, 0) is 0 Å². The molecule has 0 aliphatic carbocycles. The highest BCUT2D eigenvalue weighted by Gasteiger charge is 2.19. The van der Waals surface area contributed by atoms with E-state index in [1.165, 1.54) is 6.08 Å². The second-order valence-electron chi connectivity index (χ2n) is 3.69. The van der Waals surface area contributed by atoms with Gasteiger partial charge in [0, 0.05) is 0 Å². The Morgan fingerprint density at radius 3 is 2.58 bits per heavy atom. The van der Waals surface area contributed by atoms with Crippen LogP contribution in [0.4, 0.5) is 11.6 Å². The predicted octanol–water partition coefficient (Wildman–Crippen LogP) is 1.43. The summed E-state index contributed by atoms with van der Waals surface area (Å²) in [5, 5.41) is 10.8. The van der Waals surface area contributed by atoms with Crippen molar-refractivity contribution in [1.82, 2.24) is 9.97 Å². The molecule has 1 aromatic carbocycles. The van der Waals surface area contributed by atoms with Gasteiger partial charge in [0.15, 0.2) is 5.69 Å². The maximum Gasteiger partial charge on any atom is 0.359 e. The van der Waals surface area contributed by atoms with Crippen LogP contribution in [-0.4, -0.2) is 14.9 Å². The fourth-order valence-electron chi connectivity index (χ4n) is 1.53. The number of benzene rings is 1. The van der Waals surface area contributed by atoms with Gasteiger partial charge in [-0.3, -0.25) is 19.9 Å². The fraction of sp³-hybridized carbons (Fsp3) is 0. The zero-order valence-electron chi connectivity index (χ0n) is 9.74. The minimum absolute atomic E-state index is 0.0740. The summed E-state index contributed by atoms with van der Waals surface area (Å²) in [6.07, 6.45) is 3.01. The van der Waals surface area contributed by atoms with Crippen LogP contribution in [0, 0.1) is 10.1 Å². The molecule has 1 heterocycles. The predicted molar refractivity (Wildman–Crippen MR) is 71.3 cm³/mol. The number of nitrogens with zero attached hydrogens (tertiary/aromatic N) is 2. The maximum atomic E-state index is 11.5. The van der Waals surface area contributed by atoms with E-state index in [2.05, 4.69) is 9.97 Å². The van der Waals surface area contributed by atoms with Crippen molar-refractivity contribution < 1.29 is 4.92 Å². The SMILES string of the molecule is Nc1nc(C=Cc2ccccc2)c([N+](=O)[O-])c(=O)[nH]1. The van der Waals surface area contributed by atoms with Gasteiger partial charge in [-0.05, 0) is 11.6 Å². The van der Waals surface area contributed by atoms with Gasteiger partial charge in [0.25, 0.3) is 0 Å². The Bertz CT molecular complexity index is 692. The fourth-order valence-corrected chi connectivity index (χ4v) is 1.53. The summed E-state index contributed by atoms with van der Waals surface area (Å²) >= 11 is 0. The Labute approximate surface area is 107 Å². The number of hydrogen-bond acceptors (Lipinski definition) is 5. The lowest BCUT2D eigenvalue weighted by Gasteiger charge is -1.98. The number of anilines is 1. The molecule has 2 aromatic rings. The van der Waals surface area contributed by atoms with Crippen LogP contribution in [0.2, 0.25) is 0 Å². The molecule has 0 saturated heterocycles. The lowest BCUT2D eigenvalue weighted by atomic mass is 10.2. The van der Waals surface area contributed by atoms with Crippen molar-refractivity contribution in [3.8, 4) is 0 Å². The van der Waals surface area contributed by atoms with E-state index in [4.69, 9.17) is 5.73 Å². The van der Waals surface area contributed by atoms with Gasteiger partial charge in [-0.2, -0.15) is 0 Å². The quantitative estimate of drug-likeness (QED) is 0.638. The minimum atomic E-state index is -0.870. The molecular formula is C12H10N4O3. The van der Waals surface area contributed by atoms with Gasteiger partial charge in [0.1, 0.15) is 0 Å². The summed E-state index contributed by atoms with van der Waals surface area (Å²) in [5.74, 6) is -0.164. The van der Waals surface area contributed by atoms with Gasteiger partial charge in [-0.1, -0.05) is 36.4 Å². The Balaban J connectivity index is 2.48. The van der Waals surface area contributed by atoms with Crippen LogP contribution in [0.25, 0.3) is 12.2 Å². The summed E-state index contributed by atoms with van der Waals surface area (Å²) in [4.78, 5) is 27.4. The first-order valence-electron chi connectivity index (χ1n) is 5.35. The molecule has 2 rings (SSSR count). The summed E-state index contributed by atoms with van der Waals surface area (Å²) in [6.45, 7) is 0. The lowest BCUT2D eigenvalue weighted by molar-refractivity contribution is -0.386. The van der Waals surface area contributed by atoms with Crippen LogP contribution < -0.4 is 11.3 Å². The van der Waals surface area contributed by atoms with Crippen LogP contribution in [0.3, 0.4) is 0 Å². The molecule has 0 aliphatic rings. The molecule has 3 N–H and O–H groups in total. The van der Waals surface area contributed by atoms with Gasteiger partial charge in [0.2, 0.25) is 5.95 Å². The number of H-pyrrole nitrogens is 1. The topological polar surface area (TPSA) is 115 Å². The Kier molecular flexibility index (Phi) is 3.37. The third-order valence-corrected chi connectivity index (χ3v) is 2.36. The van der Waals surface area contributed by atoms with Gasteiger partial charge >= 0.3 is 11.2 Å². The zero-order valence-corrected chi connectivity index (χ0v) is 9.74. The normalized spacial score (nSPS) is 10.7. The monoisotopic (exact) mass is 258 g/mol. The van der Waals surface area contributed by atoms with E-state index < -0.39 is 16.2 Å². The van der Waals surface area contributed by atoms with Crippen molar-refractivity contribution in [3.63, 3.8) is 0 Å². The van der Waals surface area contributed by atoms with E-state index in [0.29, 0.717) is 0 Å². The van der Waals surface area contributed by atoms with Crippen molar-refractivity contribution in [2.45, 2.75) is 0 Å². The van der Waals surface area contributed by atoms with Gasteiger partial charge < -0.3 is 5.73 Å². The maximum absolute atomic E-state index is 11.5. The summed E-state index contributed by atoms with van der Waals surface area (Å²) in [7, 11) is 0. The molecule has 0 bridgehead atoms. The molecule has 0 fully saturated rings. The smallest absolute Gasteiger partial charge is 0.359 e. The number of nitrogen functional groups attached to an aromatic ring is 1. The molecule has 1 aromatic heterocycles. The molecule has 0 saturated carbocycles. The van der Waals surface area contributed by atoms with E-state index in [9.17, 15) is 14.9 Å². The first-order chi connectivity index (χ1) is 9.08. The average molecular weight is 258 g/mol. The molecule has 0 spiro atoms. The largest absolute Gasteiger partial charge is 0.369 e. The first-order valence-corrected chi connectivity index (χ1v) is 5.35. The number of nitrogens with two attached hydrogens (primary N) is 1. The Morgan fingerprint density at radius 1 is 1.26 bits per heavy atom. The molecule has 0 atom stereocenters. The number of aromatic amines is 1. The van der Waals surface area contributed by atoms with Gasteiger partial charge in [-0.25, -0.2) is 4.98 Å². The van der Waals surface area contributed by atoms with Crippen molar-refractivity contribution in [2.75, 3.05) is 5.73 Å². The Morgan fingerprint density at radius 2 is 1.95 bits per heavy atom. The van der Waals surface area contributed by atoms with Crippen molar-refractivity contribution in [2.24, 2.45) is 0 Å². The van der Waals surface area contributed by atoms with Crippen LogP contribution in [0.5, 0.6) is 0 Å². The summed E-state index contributed by atoms with van der Waals surface area (Å²) in [5.41, 5.74) is 4.64. The van der Waals surface area contributed by atoms with E-state index in [1.807, 2.05) is 30.3 Å². The standard InChI is InChI=1S/C12H10N4O3/c13-12-14-9(10(16(18)19)11(17)15-12)7-6-8-4-2-1-3-5-8/h1-7H,(H3,13,14,15,17). The average Bonchev–Trinajstić information content (AvgIpc) is 2.36. The van der Waals surface area contributed by atoms with Crippen molar-refractivity contribution >= 4 is 23.8 Å². The molecule has 96 valence electrons. The second kappa shape index (κ2) is 5.13. The molecule has 7 heteroatoms. The van der Waals surface area contributed by atoms with Crippen LogP contribution in [0.15, 0.2) is 35.1 Å². The third-order valence-electron chi connectivity index (χ3n) is 2.36. The second-order valence-corrected chi connectivity index (χ2v) is 3.69. The summed E-state index contributed by atoms with van der Waals surface area (Å²) < 4.78 is 0. The van der Waals surface area contributed by atoms with Gasteiger partial charge in [0.05, 0.1) is 4.92 Å². The zero-order chi connectivity index (χ0) is 13.8.